The second-order valence-electron chi connectivity index (χ2n) is 5.52. The van der Waals surface area contributed by atoms with Gasteiger partial charge in [0.25, 0.3) is 0 Å². The Kier molecular flexibility index (Phi) is 4.65. The molecule has 1 aliphatic rings. The molecular weight excluding hydrogens is 254 g/mol. The van der Waals surface area contributed by atoms with Crippen LogP contribution in [0.3, 0.4) is 0 Å². The lowest BCUT2D eigenvalue weighted by atomic mass is 9.99. The summed E-state index contributed by atoms with van der Waals surface area (Å²) in [6.45, 7) is 8.17. The lowest BCUT2D eigenvalue weighted by Gasteiger charge is -2.26. The number of carboxylic acid groups (broad SMARTS) is 1. The fourth-order valence-corrected chi connectivity index (χ4v) is 2.95. The summed E-state index contributed by atoms with van der Waals surface area (Å²) in [6.07, 6.45) is 0. The third-order valence-electron chi connectivity index (χ3n) is 4.17. The van der Waals surface area contributed by atoms with Gasteiger partial charge in [-0.3, -0.25) is 9.69 Å². The third kappa shape index (κ3) is 2.96. The molecule has 1 aromatic carbocycles. The molecule has 0 radical (unpaired) electrons. The van der Waals surface area contributed by atoms with Crippen molar-refractivity contribution in [1.82, 2.24) is 4.90 Å². The van der Waals surface area contributed by atoms with Crippen LogP contribution >= 0.6 is 0 Å². The van der Waals surface area contributed by atoms with Gasteiger partial charge < -0.3 is 9.84 Å². The summed E-state index contributed by atoms with van der Waals surface area (Å²) >= 11 is 0. The van der Waals surface area contributed by atoms with Crippen molar-refractivity contribution in [3.8, 4) is 5.75 Å². The number of rotatable bonds is 5. The van der Waals surface area contributed by atoms with Crippen molar-refractivity contribution >= 4 is 5.97 Å². The zero-order valence-corrected chi connectivity index (χ0v) is 12.4. The van der Waals surface area contributed by atoms with Crippen LogP contribution in [0.15, 0.2) is 24.3 Å². The van der Waals surface area contributed by atoms with Crippen molar-refractivity contribution in [2.45, 2.75) is 26.8 Å². The fraction of sp³-hybridized carbons (Fsp3) is 0.562. The van der Waals surface area contributed by atoms with E-state index in [1.54, 1.807) is 0 Å². The molecule has 1 aliphatic heterocycles. The largest absolute Gasteiger partial charge is 0.494 e. The molecule has 4 nitrogen and oxygen atoms in total. The van der Waals surface area contributed by atoms with Gasteiger partial charge in [0.1, 0.15) is 5.75 Å². The highest BCUT2D eigenvalue weighted by atomic mass is 16.5. The van der Waals surface area contributed by atoms with E-state index in [1.165, 1.54) is 0 Å². The Bertz CT molecular complexity index is 475. The summed E-state index contributed by atoms with van der Waals surface area (Å²) in [4.78, 5) is 13.5. The van der Waals surface area contributed by atoms with E-state index < -0.39 is 5.97 Å². The zero-order valence-electron chi connectivity index (χ0n) is 12.4. The quantitative estimate of drug-likeness (QED) is 0.899. The normalized spacial score (nSPS) is 24.6. The molecule has 0 aromatic heterocycles. The van der Waals surface area contributed by atoms with Crippen LogP contribution in [0.1, 0.15) is 32.4 Å². The van der Waals surface area contributed by atoms with Gasteiger partial charge in [-0.15, -0.1) is 0 Å². The molecule has 1 aromatic rings. The summed E-state index contributed by atoms with van der Waals surface area (Å²) in [6, 6.07) is 8.18. The first-order chi connectivity index (χ1) is 9.54. The zero-order chi connectivity index (χ0) is 14.7. The molecule has 1 saturated heterocycles. The van der Waals surface area contributed by atoms with Crippen molar-refractivity contribution in [3.63, 3.8) is 0 Å². The maximum Gasteiger partial charge on any atom is 0.308 e. The molecule has 1 N–H and O–H groups in total. The van der Waals surface area contributed by atoms with Crippen molar-refractivity contribution < 1.29 is 14.6 Å². The van der Waals surface area contributed by atoms with Gasteiger partial charge in [-0.05, 0) is 25.8 Å². The summed E-state index contributed by atoms with van der Waals surface area (Å²) in [5, 5.41) is 9.24. The molecule has 4 heteroatoms. The molecule has 1 heterocycles. The third-order valence-corrected chi connectivity index (χ3v) is 4.17. The van der Waals surface area contributed by atoms with Crippen LogP contribution in [0, 0.1) is 11.8 Å². The average molecular weight is 277 g/mol. The fourth-order valence-electron chi connectivity index (χ4n) is 2.95. The van der Waals surface area contributed by atoms with Gasteiger partial charge in [0, 0.05) is 24.7 Å². The predicted molar refractivity (Wildman–Crippen MR) is 77.9 cm³/mol. The Morgan fingerprint density at radius 1 is 1.45 bits per heavy atom. The summed E-state index contributed by atoms with van der Waals surface area (Å²) in [5.74, 6) is 0.130. The molecule has 3 atom stereocenters. The second kappa shape index (κ2) is 6.27. The molecule has 110 valence electrons. The molecule has 0 amide bonds. The first-order valence-corrected chi connectivity index (χ1v) is 7.23. The Morgan fingerprint density at radius 3 is 2.75 bits per heavy atom. The average Bonchev–Trinajstić information content (AvgIpc) is 2.81. The number of benzene rings is 1. The first kappa shape index (κ1) is 14.9. The number of aliphatic carboxylic acids is 1. The maximum absolute atomic E-state index is 11.2. The van der Waals surface area contributed by atoms with Gasteiger partial charge in [0.2, 0.25) is 0 Å². The molecule has 20 heavy (non-hydrogen) atoms. The molecule has 0 saturated carbocycles. The highest BCUT2D eigenvalue weighted by Gasteiger charge is 2.37. The van der Waals surface area contributed by atoms with Gasteiger partial charge in [-0.25, -0.2) is 0 Å². The monoisotopic (exact) mass is 277 g/mol. The second-order valence-corrected chi connectivity index (χ2v) is 5.52. The molecule has 1 fully saturated rings. The minimum atomic E-state index is -0.690. The first-order valence-electron chi connectivity index (χ1n) is 7.23. The van der Waals surface area contributed by atoms with E-state index in [0.717, 1.165) is 17.9 Å². The number of ether oxygens (including phenoxy) is 1. The summed E-state index contributed by atoms with van der Waals surface area (Å²) < 4.78 is 5.68. The van der Waals surface area contributed by atoms with Gasteiger partial charge in [0.05, 0.1) is 12.5 Å². The maximum atomic E-state index is 11.2. The van der Waals surface area contributed by atoms with Crippen LogP contribution in [-0.2, 0) is 4.79 Å². The molecule has 1 unspecified atom stereocenters. The number of carbonyl (C=O) groups is 1. The molecular formula is C16H23NO3. The van der Waals surface area contributed by atoms with E-state index in [1.807, 2.05) is 32.0 Å². The minimum Gasteiger partial charge on any atom is -0.494 e. The van der Waals surface area contributed by atoms with Crippen LogP contribution in [-0.4, -0.2) is 35.7 Å². The molecule has 0 aliphatic carbocycles. The summed E-state index contributed by atoms with van der Waals surface area (Å²) in [7, 11) is 0. The van der Waals surface area contributed by atoms with E-state index in [0.29, 0.717) is 13.2 Å². The Labute approximate surface area is 120 Å². The summed E-state index contributed by atoms with van der Waals surface area (Å²) in [5.41, 5.74) is 1.13. The highest BCUT2D eigenvalue weighted by molar-refractivity contribution is 5.71. The predicted octanol–water partition coefficient (Wildman–Crippen LogP) is 2.80. The van der Waals surface area contributed by atoms with Gasteiger partial charge in [0.15, 0.2) is 0 Å². The minimum absolute atomic E-state index is 0.171. The lowest BCUT2D eigenvalue weighted by molar-refractivity contribution is -0.142. The van der Waals surface area contributed by atoms with Crippen LogP contribution in [0.5, 0.6) is 5.75 Å². The van der Waals surface area contributed by atoms with E-state index in [2.05, 4.69) is 17.9 Å². The van der Waals surface area contributed by atoms with Crippen LogP contribution in [0.2, 0.25) is 0 Å². The number of hydrogen-bond acceptors (Lipinski definition) is 3. The Balaban J connectivity index is 2.16. The Morgan fingerprint density at radius 2 is 2.15 bits per heavy atom. The van der Waals surface area contributed by atoms with Crippen LogP contribution in [0.25, 0.3) is 0 Å². The number of para-hydroxylation sites is 1. The SMILES string of the molecule is CCOc1ccccc1C(C)N1C[C@@H](C)[C@H](C(=O)O)C1. The van der Waals surface area contributed by atoms with E-state index in [4.69, 9.17) is 4.74 Å². The van der Waals surface area contributed by atoms with Crippen molar-refractivity contribution in [2.24, 2.45) is 11.8 Å². The lowest BCUT2D eigenvalue weighted by Crippen LogP contribution is -2.26. The number of carboxylic acids is 1. The van der Waals surface area contributed by atoms with E-state index in [-0.39, 0.29) is 17.9 Å². The topological polar surface area (TPSA) is 49.8 Å². The smallest absolute Gasteiger partial charge is 0.308 e. The van der Waals surface area contributed by atoms with Crippen molar-refractivity contribution in [2.75, 3.05) is 19.7 Å². The van der Waals surface area contributed by atoms with E-state index in [9.17, 15) is 9.90 Å². The van der Waals surface area contributed by atoms with E-state index >= 15 is 0 Å². The van der Waals surface area contributed by atoms with Crippen LogP contribution in [0.4, 0.5) is 0 Å². The van der Waals surface area contributed by atoms with Gasteiger partial charge in [-0.1, -0.05) is 25.1 Å². The van der Waals surface area contributed by atoms with Crippen LogP contribution < -0.4 is 4.74 Å². The number of hydrogen-bond donors (Lipinski definition) is 1. The number of likely N-dealkylation sites (tertiary alicyclic amines) is 1. The Hall–Kier alpha value is -1.55. The number of nitrogens with zero attached hydrogens (tertiary/aromatic N) is 1. The molecule has 0 spiro atoms. The molecule has 2 rings (SSSR count). The van der Waals surface area contributed by atoms with Gasteiger partial charge in [-0.2, -0.15) is 0 Å². The van der Waals surface area contributed by atoms with Crippen molar-refractivity contribution in [1.29, 1.82) is 0 Å². The molecule has 0 bridgehead atoms. The van der Waals surface area contributed by atoms with Gasteiger partial charge >= 0.3 is 5.97 Å². The standard InChI is InChI=1S/C16H23NO3/c1-4-20-15-8-6-5-7-13(15)12(3)17-9-11(2)14(10-17)16(18)19/h5-8,11-12,14H,4,9-10H2,1-3H3,(H,18,19)/t11-,12?,14-/m1/s1. The highest BCUT2D eigenvalue weighted by Crippen LogP contribution is 2.34. The van der Waals surface area contributed by atoms with Crippen molar-refractivity contribution in [3.05, 3.63) is 29.8 Å².